The van der Waals surface area contributed by atoms with Crippen LogP contribution >= 0.6 is 22.6 Å². The van der Waals surface area contributed by atoms with Gasteiger partial charge in [0.2, 0.25) is 0 Å². The van der Waals surface area contributed by atoms with Crippen molar-refractivity contribution in [1.82, 2.24) is 4.98 Å². The van der Waals surface area contributed by atoms with Crippen molar-refractivity contribution in [2.75, 3.05) is 0 Å². The number of nitrogens with zero attached hydrogens (tertiary/aromatic N) is 1. The molecule has 0 aliphatic heterocycles. The van der Waals surface area contributed by atoms with E-state index in [1.54, 1.807) is 0 Å². The van der Waals surface area contributed by atoms with Crippen LogP contribution in [0.5, 0.6) is 0 Å². The van der Waals surface area contributed by atoms with Crippen LogP contribution in [-0.2, 0) is 0 Å². The van der Waals surface area contributed by atoms with Crippen LogP contribution in [0.15, 0.2) is 60.7 Å². The molecule has 0 radical (unpaired) electrons. The van der Waals surface area contributed by atoms with E-state index in [2.05, 4.69) is 97.1 Å². The number of hydrogen-bond donors (Lipinski definition) is 0. The molecule has 3 rings (SSSR count). The Morgan fingerprint density at radius 3 is 2.57 bits per heavy atom. The summed E-state index contributed by atoms with van der Waals surface area (Å²) in [5.41, 5.74) is 5.75. The molecule has 0 amide bonds. The maximum Gasteiger partial charge on any atom is 0.0709 e. The van der Waals surface area contributed by atoms with Crippen molar-refractivity contribution < 1.29 is 0 Å². The second-order valence-corrected chi connectivity index (χ2v) is 8.22. The lowest BCUT2D eigenvalue weighted by molar-refractivity contribution is 0.838. The minimum atomic E-state index is 0.232. The molecule has 1 aliphatic carbocycles. The monoisotopic (exact) mass is 387 g/mol. The molecule has 1 heterocycles. The highest BCUT2D eigenvalue weighted by Gasteiger charge is 2.18. The Labute approximate surface area is 140 Å². The van der Waals surface area contributed by atoms with Gasteiger partial charge in [-0.15, -0.1) is 0 Å². The molecule has 1 aromatic carbocycles. The predicted molar refractivity (Wildman–Crippen MR) is 98.6 cm³/mol. The van der Waals surface area contributed by atoms with Gasteiger partial charge in [0.25, 0.3) is 0 Å². The fourth-order valence-electron chi connectivity index (χ4n) is 2.46. The molecule has 21 heavy (non-hydrogen) atoms. The van der Waals surface area contributed by atoms with Crippen molar-refractivity contribution in [3.05, 3.63) is 72.0 Å². The number of aromatic nitrogens is 1. The molecule has 1 nitrogen and oxygen atoms in total. The van der Waals surface area contributed by atoms with Gasteiger partial charge in [-0.2, -0.15) is 0 Å². The standard InChI is InChI=1S/C19H18IN/c1-14-5-3-6-16(13-14)18-8-4-7-17(21-18)15-9-11-19(2,20)12-10-15/h3-11,13H,12H2,1-2H3/t19-/m1/s1. The quantitative estimate of drug-likeness (QED) is 0.483. The number of benzene rings is 1. The van der Waals surface area contributed by atoms with Gasteiger partial charge in [0.05, 0.1) is 11.4 Å². The van der Waals surface area contributed by atoms with Crippen LogP contribution < -0.4 is 0 Å². The van der Waals surface area contributed by atoms with Gasteiger partial charge in [-0.1, -0.05) is 70.6 Å². The van der Waals surface area contributed by atoms with E-state index >= 15 is 0 Å². The van der Waals surface area contributed by atoms with Gasteiger partial charge in [0.15, 0.2) is 0 Å². The number of allylic oxidation sites excluding steroid dienone is 4. The van der Waals surface area contributed by atoms with Gasteiger partial charge in [-0.3, -0.25) is 0 Å². The van der Waals surface area contributed by atoms with Crippen molar-refractivity contribution in [3.8, 4) is 11.3 Å². The summed E-state index contributed by atoms with van der Waals surface area (Å²) in [6.07, 6.45) is 7.80. The van der Waals surface area contributed by atoms with E-state index in [4.69, 9.17) is 4.98 Å². The average molecular weight is 387 g/mol. The van der Waals surface area contributed by atoms with Crippen LogP contribution in [0.3, 0.4) is 0 Å². The van der Waals surface area contributed by atoms with Gasteiger partial charge in [0, 0.05) is 8.99 Å². The third-order valence-corrected chi connectivity index (χ3v) is 4.49. The number of alkyl halides is 1. The van der Waals surface area contributed by atoms with Crippen LogP contribution in [0.1, 0.15) is 24.6 Å². The zero-order valence-corrected chi connectivity index (χ0v) is 14.5. The van der Waals surface area contributed by atoms with Gasteiger partial charge in [-0.25, -0.2) is 4.98 Å². The number of pyridine rings is 1. The summed E-state index contributed by atoms with van der Waals surface area (Å²) in [6.45, 7) is 4.36. The Balaban J connectivity index is 1.95. The minimum absolute atomic E-state index is 0.232. The first-order valence-electron chi connectivity index (χ1n) is 7.16. The van der Waals surface area contributed by atoms with E-state index in [1.807, 2.05) is 0 Å². The smallest absolute Gasteiger partial charge is 0.0709 e. The van der Waals surface area contributed by atoms with Crippen molar-refractivity contribution in [2.45, 2.75) is 23.7 Å². The molecule has 1 aliphatic rings. The first kappa shape index (κ1) is 14.5. The van der Waals surface area contributed by atoms with E-state index in [-0.39, 0.29) is 3.42 Å². The zero-order valence-electron chi connectivity index (χ0n) is 12.3. The maximum atomic E-state index is 4.83. The number of rotatable bonds is 2. The highest BCUT2D eigenvalue weighted by Crippen LogP contribution is 2.32. The van der Waals surface area contributed by atoms with Gasteiger partial charge >= 0.3 is 0 Å². The SMILES string of the molecule is Cc1cccc(-c2cccc(C3=CC[C@](C)(I)C=C3)n2)c1. The van der Waals surface area contributed by atoms with E-state index < -0.39 is 0 Å². The molecule has 0 saturated carbocycles. The number of aryl methyl sites for hydroxylation is 1. The third-order valence-electron chi connectivity index (χ3n) is 3.69. The first-order valence-corrected chi connectivity index (χ1v) is 8.24. The minimum Gasteiger partial charge on any atom is -0.248 e. The molecular weight excluding hydrogens is 369 g/mol. The molecule has 2 heteroatoms. The Hall–Kier alpha value is -1.42. The van der Waals surface area contributed by atoms with Crippen molar-refractivity contribution in [3.63, 3.8) is 0 Å². The predicted octanol–water partition coefficient (Wildman–Crippen LogP) is 5.59. The lowest BCUT2D eigenvalue weighted by Gasteiger charge is -2.20. The molecule has 1 atom stereocenters. The highest BCUT2D eigenvalue weighted by atomic mass is 127. The number of halogens is 1. The van der Waals surface area contributed by atoms with Gasteiger partial charge in [0.1, 0.15) is 0 Å². The van der Waals surface area contributed by atoms with E-state index in [0.29, 0.717) is 0 Å². The van der Waals surface area contributed by atoms with Gasteiger partial charge < -0.3 is 0 Å². The summed E-state index contributed by atoms with van der Waals surface area (Å²) in [4.78, 5) is 4.83. The van der Waals surface area contributed by atoms with E-state index in [9.17, 15) is 0 Å². The van der Waals surface area contributed by atoms with Crippen LogP contribution in [-0.4, -0.2) is 8.41 Å². The molecule has 0 unspecified atom stereocenters. The van der Waals surface area contributed by atoms with Crippen LogP contribution in [0.25, 0.3) is 16.8 Å². The van der Waals surface area contributed by atoms with E-state index in [0.717, 1.165) is 17.8 Å². The maximum absolute atomic E-state index is 4.83. The molecule has 0 N–H and O–H groups in total. The Morgan fingerprint density at radius 1 is 1.10 bits per heavy atom. The van der Waals surface area contributed by atoms with Crippen LogP contribution in [0.2, 0.25) is 0 Å². The zero-order chi connectivity index (χ0) is 14.9. The normalized spacial score (nSPS) is 21.2. The molecule has 0 fully saturated rings. The second kappa shape index (κ2) is 5.76. The molecule has 2 aromatic rings. The molecule has 0 saturated heterocycles. The largest absolute Gasteiger partial charge is 0.248 e. The Bertz CT molecular complexity index is 726. The second-order valence-electron chi connectivity index (χ2n) is 5.75. The summed E-state index contributed by atoms with van der Waals surface area (Å²) in [5, 5.41) is 0. The summed E-state index contributed by atoms with van der Waals surface area (Å²) < 4.78 is 0.232. The Kier molecular flexibility index (Phi) is 3.98. The molecular formula is C19H18IN. The van der Waals surface area contributed by atoms with Gasteiger partial charge in [-0.05, 0) is 44.0 Å². The summed E-state index contributed by atoms with van der Waals surface area (Å²) >= 11 is 2.49. The topological polar surface area (TPSA) is 12.9 Å². The lowest BCUT2D eigenvalue weighted by Crippen LogP contribution is -2.12. The van der Waals surface area contributed by atoms with Crippen molar-refractivity contribution >= 4 is 28.2 Å². The summed E-state index contributed by atoms with van der Waals surface area (Å²) in [6, 6.07) is 14.7. The van der Waals surface area contributed by atoms with E-state index in [1.165, 1.54) is 16.7 Å². The fraction of sp³-hybridized carbons (Fsp3) is 0.211. The average Bonchev–Trinajstić information content (AvgIpc) is 2.47. The van der Waals surface area contributed by atoms with Crippen molar-refractivity contribution in [2.24, 2.45) is 0 Å². The molecule has 106 valence electrons. The van der Waals surface area contributed by atoms with Crippen LogP contribution in [0, 0.1) is 6.92 Å². The fourth-order valence-corrected chi connectivity index (χ4v) is 2.86. The lowest BCUT2D eigenvalue weighted by atomic mass is 9.96. The summed E-state index contributed by atoms with van der Waals surface area (Å²) in [7, 11) is 0. The summed E-state index contributed by atoms with van der Waals surface area (Å²) in [5.74, 6) is 0. The third kappa shape index (κ3) is 3.43. The first-order chi connectivity index (χ1) is 10.0. The molecule has 1 aromatic heterocycles. The Morgan fingerprint density at radius 2 is 1.86 bits per heavy atom. The van der Waals surface area contributed by atoms with Crippen molar-refractivity contribution in [1.29, 1.82) is 0 Å². The number of hydrogen-bond acceptors (Lipinski definition) is 1. The highest BCUT2D eigenvalue weighted by molar-refractivity contribution is 14.1. The molecule has 0 bridgehead atoms. The molecule has 0 spiro atoms. The van der Waals surface area contributed by atoms with Crippen LogP contribution in [0.4, 0.5) is 0 Å².